The molecule has 0 aliphatic carbocycles. The third-order valence-electron chi connectivity index (χ3n) is 2.41. The van der Waals surface area contributed by atoms with Crippen LogP contribution >= 0.6 is 0 Å². The molecule has 0 aliphatic rings. The van der Waals surface area contributed by atoms with Gasteiger partial charge in [0.2, 0.25) is 5.91 Å². The van der Waals surface area contributed by atoms with Crippen molar-refractivity contribution in [3.8, 4) is 0 Å². The Morgan fingerprint density at radius 1 is 1.50 bits per heavy atom. The SMILES string of the molecule is CCC(=O)NCc1cccc([N+](=O)[O-])c1C. The van der Waals surface area contributed by atoms with Crippen LogP contribution in [0.5, 0.6) is 0 Å². The minimum Gasteiger partial charge on any atom is -0.352 e. The maximum Gasteiger partial charge on any atom is 0.272 e. The van der Waals surface area contributed by atoms with Crippen LogP contribution in [0, 0.1) is 17.0 Å². The van der Waals surface area contributed by atoms with Crippen LogP contribution in [-0.2, 0) is 11.3 Å². The molecule has 0 atom stereocenters. The highest BCUT2D eigenvalue weighted by molar-refractivity contribution is 5.75. The highest BCUT2D eigenvalue weighted by Gasteiger charge is 2.12. The molecule has 5 heteroatoms. The number of nitrogens with zero attached hydrogens (tertiary/aromatic N) is 1. The molecule has 16 heavy (non-hydrogen) atoms. The van der Waals surface area contributed by atoms with Gasteiger partial charge in [0.05, 0.1) is 4.92 Å². The first-order valence-corrected chi connectivity index (χ1v) is 5.05. The molecule has 1 N–H and O–H groups in total. The van der Waals surface area contributed by atoms with E-state index in [4.69, 9.17) is 0 Å². The second-order valence-corrected chi connectivity index (χ2v) is 3.45. The van der Waals surface area contributed by atoms with E-state index in [1.807, 2.05) is 0 Å². The molecule has 0 radical (unpaired) electrons. The van der Waals surface area contributed by atoms with Crippen LogP contribution in [0.3, 0.4) is 0 Å². The van der Waals surface area contributed by atoms with Crippen LogP contribution in [0.15, 0.2) is 18.2 Å². The lowest BCUT2D eigenvalue weighted by molar-refractivity contribution is -0.385. The molecule has 0 aromatic heterocycles. The minimum atomic E-state index is -0.416. The first-order valence-electron chi connectivity index (χ1n) is 5.05. The summed E-state index contributed by atoms with van der Waals surface area (Å²) in [5.74, 6) is -0.0640. The highest BCUT2D eigenvalue weighted by atomic mass is 16.6. The molecular weight excluding hydrogens is 208 g/mol. The second-order valence-electron chi connectivity index (χ2n) is 3.45. The van der Waals surface area contributed by atoms with Gasteiger partial charge in [-0.05, 0) is 12.5 Å². The fourth-order valence-electron chi connectivity index (χ4n) is 1.38. The lowest BCUT2D eigenvalue weighted by atomic mass is 10.1. The predicted molar refractivity (Wildman–Crippen MR) is 60.0 cm³/mol. The van der Waals surface area contributed by atoms with Crippen LogP contribution in [0.2, 0.25) is 0 Å². The van der Waals surface area contributed by atoms with Gasteiger partial charge in [0.25, 0.3) is 5.69 Å². The predicted octanol–water partition coefficient (Wildman–Crippen LogP) is 1.93. The summed E-state index contributed by atoms with van der Waals surface area (Å²) in [4.78, 5) is 21.3. The topological polar surface area (TPSA) is 72.2 Å². The number of nitro benzene ring substituents is 1. The summed E-state index contributed by atoms with van der Waals surface area (Å²) in [7, 11) is 0. The molecule has 0 heterocycles. The quantitative estimate of drug-likeness (QED) is 0.625. The van der Waals surface area contributed by atoms with Crippen molar-refractivity contribution in [1.29, 1.82) is 0 Å². The molecule has 1 rings (SSSR count). The van der Waals surface area contributed by atoms with Crippen molar-refractivity contribution in [2.24, 2.45) is 0 Å². The lowest BCUT2D eigenvalue weighted by Crippen LogP contribution is -2.21. The van der Waals surface area contributed by atoms with Crippen molar-refractivity contribution in [3.63, 3.8) is 0 Å². The Morgan fingerprint density at radius 3 is 2.75 bits per heavy atom. The first-order chi connectivity index (χ1) is 7.56. The monoisotopic (exact) mass is 222 g/mol. The average Bonchev–Trinajstić information content (AvgIpc) is 2.26. The summed E-state index contributed by atoms with van der Waals surface area (Å²) < 4.78 is 0. The Hall–Kier alpha value is -1.91. The molecule has 0 spiro atoms. The number of nitro groups is 1. The third-order valence-corrected chi connectivity index (χ3v) is 2.41. The van der Waals surface area contributed by atoms with E-state index in [0.29, 0.717) is 18.5 Å². The van der Waals surface area contributed by atoms with Gasteiger partial charge in [0.1, 0.15) is 0 Å². The van der Waals surface area contributed by atoms with Gasteiger partial charge in [-0.15, -0.1) is 0 Å². The Bertz CT molecular complexity index is 416. The molecule has 0 bridgehead atoms. The number of carbonyl (C=O) groups is 1. The van der Waals surface area contributed by atoms with Crippen molar-refractivity contribution in [2.75, 3.05) is 0 Å². The molecule has 1 aromatic rings. The van der Waals surface area contributed by atoms with Crippen molar-refractivity contribution >= 4 is 11.6 Å². The van der Waals surface area contributed by atoms with Gasteiger partial charge in [-0.3, -0.25) is 14.9 Å². The number of carbonyl (C=O) groups excluding carboxylic acids is 1. The van der Waals surface area contributed by atoms with Crippen LogP contribution < -0.4 is 5.32 Å². The third kappa shape index (κ3) is 2.79. The van der Waals surface area contributed by atoms with Gasteiger partial charge >= 0.3 is 0 Å². The summed E-state index contributed by atoms with van der Waals surface area (Å²) in [6.45, 7) is 3.78. The number of nitrogens with one attached hydrogen (secondary N) is 1. The van der Waals surface area contributed by atoms with Gasteiger partial charge in [-0.25, -0.2) is 0 Å². The Balaban J connectivity index is 2.85. The highest BCUT2D eigenvalue weighted by Crippen LogP contribution is 2.20. The van der Waals surface area contributed by atoms with E-state index >= 15 is 0 Å². The van der Waals surface area contributed by atoms with E-state index in [0.717, 1.165) is 5.56 Å². The second kappa shape index (κ2) is 5.25. The minimum absolute atomic E-state index is 0.0640. The van der Waals surface area contributed by atoms with Crippen molar-refractivity contribution < 1.29 is 9.72 Å². The molecule has 0 saturated heterocycles. The Labute approximate surface area is 93.6 Å². The zero-order valence-corrected chi connectivity index (χ0v) is 9.32. The van der Waals surface area contributed by atoms with Crippen molar-refractivity contribution in [2.45, 2.75) is 26.8 Å². The smallest absolute Gasteiger partial charge is 0.272 e. The zero-order valence-electron chi connectivity index (χ0n) is 9.32. The standard InChI is InChI=1S/C11H14N2O3/c1-3-11(14)12-7-9-5-4-6-10(8(9)2)13(15)16/h4-6H,3,7H2,1-2H3,(H,12,14). The van der Waals surface area contributed by atoms with Crippen molar-refractivity contribution in [1.82, 2.24) is 5.32 Å². The van der Waals surface area contributed by atoms with E-state index in [-0.39, 0.29) is 11.6 Å². The molecule has 5 nitrogen and oxygen atoms in total. The molecule has 1 amide bonds. The largest absolute Gasteiger partial charge is 0.352 e. The average molecular weight is 222 g/mol. The van der Waals surface area contributed by atoms with E-state index < -0.39 is 4.92 Å². The fraction of sp³-hybridized carbons (Fsp3) is 0.364. The summed E-state index contributed by atoms with van der Waals surface area (Å²) >= 11 is 0. The van der Waals surface area contributed by atoms with E-state index in [9.17, 15) is 14.9 Å². The van der Waals surface area contributed by atoms with Crippen LogP contribution in [0.4, 0.5) is 5.69 Å². The van der Waals surface area contributed by atoms with Crippen molar-refractivity contribution in [3.05, 3.63) is 39.4 Å². The van der Waals surface area contributed by atoms with Gasteiger partial charge < -0.3 is 5.32 Å². The van der Waals surface area contributed by atoms with Gasteiger partial charge in [0, 0.05) is 24.6 Å². The molecule has 0 fully saturated rings. The zero-order chi connectivity index (χ0) is 12.1. The van der Waals surface area contributed by atoms with Gasteiger partial charge in [0.15, 0.2) is 0 Å². The number of rotatable bonds is 4. The maximum absolute atomic E-state index is 11.1. The molecule has 0 aliphatic heterocycles. The number of hydrogen-bond acceptors (Lipinski definition) is 3. The Morgan fingerprint density at radius 2 is 2.19 bits per heavy atom. The van der Waals surface area contributed by atoms with Gasteiger partial charge in [-0.1, -0.05) is 19.1 Å². The molecular formula is C11H14N2O3. The molecule has 86 valence electrons. The summed E-state index contributed by atoms with van der Waals surface area (Å²) in [5, 5.41) is 13.4. The normalized spacial score (nSPS) is 9.88. The molecule has 0 unspecified atom stereocenters. The van der Waals surface area contributed by atoms with E-state index in [1.54, 1.807) is 26.0 Å². The number of amides is 1. The molecule has 0 saturated carbocycles. The first kappa shape index (κ1) is 12.2. The van der Waals surface area contributed by atoms with Gasteiger partial charge in [-0.2, -0.15) is 0 Å². The fourth-order valence-corrected chi connectivity index (χ4v) is 1.38. The van der Waals surface area contributed by atoms with E-state index in [1.165, 1.54) is 6.07 Å². The van der Waals surface area contributed by atoms with E-state index in [2.05, 4.69) is 5.32 Å². The Kier molecular flexibility index (Phi) is 3.99. The number of benzene rings is 1. The molecule has 1 aromatic carbocycles. The number of hydrogen-bond donors (Lipinski definition) is 1. The van der Waals surface area contributed by atoms with Crippen LogP contribution in [-0.4, -0.2) is 10.8 Å². The maximum atomic E-state index is 11.1. The summed E-state index contributed by atoms with van der Waals surface area (Å²) in [6.07, 6.45) is 0.411. The van der Waals surface area contributed by atoms with Crippen LogP contribution in [0.1, 0.15) is 24.5 Å². The summed E-state index contributed by atoms with van der Waals surface area (Å²) in [6, 6.07) is 4.86. The lowest BCUT2D eigenvalue weighted by Gasteiger charge is -2.07. The van der Waals surface area contributed by atoms with Crippen LogP contribution in [0.25, 0.3) is 0 Å². The summed E-state index contributed by atoms with van der Waals surface area (Å²) in [5.41, 5.74) is 1.46.